The van der Waals surface area contributed by atoms with Crippen LogP contribution in [0.5, 0.6) is 0 Å². The SMILES string of the molecule is CC(C)C(NC(=O)c1ccc(F)cc1)C(=O)NCCCN.Cl. The fourth-order valence-electron chi connectivity index (χ4n) is 1.78. The molecule has 5 nitrogen and oxygen atoms in total. The van der Waals surface area contributed by atoms with E-state index < -0.39 is 17.8 Å². The number of hydrogen-bond acceptors (Lipinski definition) is 3. The Morgan fingerprint density at radius 1 is 1.23 bits per heavy atom. The third-order valence-corrected chi connectivity index (χ3v) is 3.02. The second-order valence-electron chi connectivity index (χ2n) is 5.14. The maximum atomic E-state index is 12.8. The molecule has 0 aromatic heterocycles. The molecule has 124 valence electrons. The molecule has 0 bridgehead atoms. The summed E-state index contributed by atoms with van der Waals surface area (Å²) in [6, 6.07) is 4.55. The average molecular weight is 332 g/mol. The fraction of sp³-hybridized carbons (Fsp3) is 0.467. The minimum Gasteiger partial charge on any atom is -0.354 e. The lowest BCUT2D eigenvalue weighted by Crippen LogP contribution is -2.50. The van der Waals surface area contributed by atoms with Gasteiger partial charge in [0.1, 0.15) is 11.9 Å². The molecule has 0 fully saturated rings. The minimum absolute atomic E-state index is 0. The normalized spacial score (nSPS) is 11.5. The number of carbonyl (C=O) groups is 2. The number of amides is 2. The Morgan fingerprint density at radius 3 is 2.32 bits per heavy atom. The first-order valence-electron chi connectivity index (χ1n) is 7.00. The summed E-state index contributed by atoms with van der Waals surface area (Å²) in [6.45, 7) is 4.66. The number of halogens is 2. The maximum absolute atomic E-state index is 12.8. The standard InChI is InChI=1S/C15H22FN3O2.ClH/c1-10(2)13(15(21)18-9-3-8-17)19-14(20)11-4-6-12(16)7-5-11;/h4-7,10,13H,3,8-9,17H2,1-2H3,(H,18,21)(H,19,20);1H. The van der Waals surface area contributed by atoms with Gasteiger partial charge in [-0.3, -0.25) is 9.59 Å². The van der Waals surface area contributed by atoms with Gasteiger partial charge in [0.25, 0.3) is 5.91 Å². The Hall–Kier alpha value is -1.66. The van der Waals surface area contributed by atoms with Crippen LogP contribution in [-0.2, 0) is 4.79 Å². The van der Waals surface area contributed by atoms with Crippen molar-refractivity contribution in [2.45, 2.75) is 26.3 Å². The summed E-state index contributed by atoms with van der Waals surface area (Å²) in [7, 11) is 0. The number of nitrogens with one attached hydrogen (secondary N) is 2. The van der Waals surface area contributed by atoms with E-state index in [1.165, 1.54) is 24.3 Å². The molecule has 22 heavy (non-hydrogen) atoms. The third kappa shape index (κ3) is 6.41. The molecule has 0 saturated heterocycles. The highest BCUT2D eigenvalue weighted by molar-refractivity contribution is 5.97. The number of rotatable bonds is 7. The lowest BCUT2D eigenvalue weighted by Gasteiger charge is -2.21. The average Bonchev–Trinajstić information content (AvgIpc) is 2.45. The van der Waals surface area contributed by atoms with Crippen LogP contribution in [0.3, 0.4) is 0 Å². The van der Waals surface area contributed by atoms with Crippen molar-refractivity contribution in [3.05, 3.63) is 35.6 Å². The van der Waals surface area contributed by atoms with Gasteiger partial charge in [-0.2, -0.15) is 0 Å². The smallest absolute Gasteiger partial charge is 0.251 e. The van der Waals surface area contributed by atoms with Crippen LogP contribution < -0.4 is 16.4 Å². The van der Waals surface area contributed by atoms with E-state index in [0.717, 1.165) is 0 Å². The van der Waals surface area contributed by atoms with Gasteiger partial charge in [0.15, 0.2) is 0 Å². The highest BCUT2D eigenvalue weighted by Crippen LogP contribution is 2.06. The monoisotopic (exact) mass is 331 g/mol. The van der Waals surface area contributed by atoms with Crippen LogP contribution in [0.1, 0.15) is 30.6 Å². The van der Waals surface area contributed by atoms with Crippen LogP contribution in [-0.4, -0.2) is 30.9 Å². The fourth-order valence-corrected chi connectivity index (χ4v) is 1.78. The highest BCUT2D eigenvalue weighted by atomic mass is 35.5. The van der Waals surface area contributed by atoms with E-state index in [1.807, 2.05) is 13.8 Å². The second kappa shape index (κ2) is 10.1. The summed E-state index contributed by atoms with van der Waals surface area (Å²) in [5.74, 6) is -1.12. The van der Waals surface area contributed by atoms with Crippen molar-refractivity contribution >= 4 is 24.2 Å². The predicted molar refractivity (Wildman–Crippen MR) is 86.4 cm³/mol. The first-order chi connectivity index (χ1) is 9.95. The van der Waals surface area contributed by atoms with Gasteiger partial charge in [-0.25, -0.2) is 4.39 Å². The Bertz CT molecular complexity index is 480. The number of nitrogens with two attached hydrogens (primary N) is 1. The molecule has 0 heterocycles. The largest absolute Gasteiger partial charge is 0.354 e. The first-order valence-corrected chi connectivity index (χ1v) is 7.00. The molecule has 1 aromatic rings. The Morgan fingerprint density at radius 2 is 1.82 bits per heavy atom. The summed E-state index contributed by atoms with van der Waals surface area (Å²) >= 11 is 0. The van der Waals surface area contributed by atoms with E-state index in [1.54, 1.807) is 0 Å². The van der Waals surface area contributed by atoms with E-state index in [9.17, 15) is 14.0 Å². The van der Waals surface area contributed by atoms with Crippen LogP contribution >= 0.6 is 12.4 Å². The lowest BCUT2D eigenvalue weighted by molar-refractivity contribution is -0.123. The van der Waals surface area contributed by atoms with Crippen molar-refractivity contribution in [3.8, 4) is 0 Å². The maximum Gasteiger partial charge on any atom is 0.251 e. The zero-order valence-corrected chi connectivity index (χ0v) is 13.6. The molecule has 0 aliphatic rings. The molecule has 2 amide bonds. The Labute approximate surface area is 136 Å². The zero-order valence-electron chi connectivity index (χ0n) is 12.8. The van der Waals surface area contributed by atoms with Crippen molar-refractivity contribution in [1.82, 2.24) is 10.6 Å². The van der Waals surface area contributed by atoms with Gasteiger partial charge in [0, 0.05) is 12.1 Å². The summed E-state index contributed by atoms with van der Waals surface area (Å²) in [6.07, 6.45) is 0.683. The van der Waals surface area contributed by atoms with Gasteiger partial charge >= 0.3 is 0 Å². The summed E-state index contributed by atoms with van der Waals surface area (Å²) in [4.78, 5) is 24.1. The molecule has 4 N–H and O–H groups in total. The Balaban J connectivity index is 0.00000441. The third-order valence-electron chi connectivity index (χ3n) is 3.02. The molecule has 1 atom stereocenters. The summed E-state index contributed by atoms with van der Waals surface area (Å²) in [5, 5.41) is 5.41. The number of benzene rings is 1. The minimum atomic E-state index is -0.639. The highest BCUT2D eigenvalue weighted by Gasteiger charge is 2.24. The predicted octanol–water partition coefficient (Wildman–Crippen LogP) is 1.47. The van der Waals surface area contributed by atoms with Crippen LogP contribution in [0, 0.1) is 11.7 Å². The molecule has 1 aromatic carbocycles. The van der Waals surface area contributed by atoms with Gasteiger partial charge in [0.2, 0.25) is 5.91 Å². The molecule has 0 radical (unpaired) electrons. The zero-order chi connectivity index (χ0) is 15.8. The number of hydrogen-bond donors (Lipinski definition) is 3. The van der Waals surface area contributed by atoms with Crippen molar-refractivity contribution in [2.75, 3.05) is 13.1 Å². The van der Waals surface area contributed by atoms with E-state index in [4.69, 9.17) is 5.73 Å². The molecular weight excluding hydrogens is 309 g/mol. The molecule has 0 aliphatic heterocycles. The van der Waals surface area contributed by atoms with Crippen molar-refractivity contribution in [2.24, 2.45) is 11.7 Å². The molecular formula is C15H23ClFN3O2. The quantitative estimate of drug-likeness (QED) is 0.661. The van der Waals surface area contributed by atoms with Gasteiger partial charge in [0.05, 0.1) is 0 Å². The van der Waals surface area contributed by atoms with Crippen molar-refractivity contribution in [3.63, 3.8) is 0 Å². The lowest BCUT2D eigenvalue weighted by atomic mass is 10.0. The van der Waals surface area contributed by atoms with Gasteiger partial charge in [-0.15, -0.1) is 12.4 Å². The van der Waals surface area contributed by atoms with Crippen LogP contribution in [0.25, 0.3) is 0 Å². The molecule has 7 heteroatoms. The Kier molecular flexibility index (Phi) is 9.37. The number of carbonyl (C=O) groups excluding carboxylic acids is 2. The van der Waals surface area contributed by atoms with E-state index in [-0.39, 0.29) is 24.2 Å². The summed E-state index contributed by atoms with van der Waals surface area (Å²) < 4.78 is 12.8. The summed E-state index contributed by atoms with van der Waals surface area (Å²) in [5.41, 5.74) is 5.68. The van der Waals surface area contributed by atoms with Gasteiger partial charge < -0.3 is 16.4 Å². The van der Waals surface area contributed by atoms with Gasteiger partial charge in [-0.05, 0) is 43.1 Å². The van der Waals surface area contributed by atoms with Crippen LogP contribution in [0.4, 0.5) is 4.39 Å². The molecule has 0 spiro atoms. The molecule has 1 rings (SSSR count). The van der Waals surface area contributed by atoms with E-state index in [2.05, 4.69) is 10.6 Å². The topological polar surface area (TPSA) is 84.2 Å². The second-order valence-corrected chi connectivity index (χ2v) is 5.14. The van der Waals surface area contributed by atoms with Crippen molar-refractivity contribution < 1.29 is 14.0 Å². The van der Waals surface area contributed by atoms with Crippen LogP contribution in [0.2, 0.25) is 0 Å². The molecule has 1 unspecified atom stereocenters. The van der Waals surface area contributed by atoms with Gasteiger partial charge in [-0.1, -0.05) is 13.8 Å². The van der Waals surface area contributed by atoms with Crippen molar-refractivity contribution in [1.29, 1.82) is 0 Å². The van der Waals surface area contributed by atoms with Crippen LogP contribution in [0.15, 0.2) is 24.3 Å². The van der Waals surface area contributed by atoms with E-state index >= 15 is 0 Å². The first kappa shape index (κ1) is 20.3. The molecule has 0 saturated carbocycles. The molecule has 0 aliphatic carbocycles. The van der Waals surface area contributed by atoms with E-state index in [0.29, 0.717) is 25.1 Å².